The van der Waals surface area contributed by atoms with Crippen LogP contribution >= 0.6 is 0 Å². The van der Waals surface area contributed by atoms with Crippen LogP contribution in [0.3, 0.4) is 0 Å². The highest BCUT2D eigenvalue weighted by atomic mass is 16.6. The van der Waals surface area contributed by atoms with Gasteiger partial charge in [-0.25, -0.2) is 4.79 Å². The summed E-state index contributed by atoms with van der Waals surface area (Å²) in [5.74, 6) is 0. The first-order valence-electron chi connectivity index (χ1n) is 6.07. The number of rotatable bonds is 2. The molecule has 1 N–H and O–H groups in total. The van der Waals surface area contributed by atoms with Gasteiger partial charge in [-0.1, -0.05) is 6.08 Å². The molecular formula is C13H23NO3. The van der Waals surface area contributed by atoms with Crippen LogP contribution in [-0.2, 0) is 4.74 Å². The molecule has 0 bridgehead atoms. The van der Waals surface area contributed by atoms with Gasteiger partial charge in [-0.05, 0) is 40.0 Å². The SMILES string of the molecule is C=CCC1(O)CCCN(C(=O)OC(C)(C)C)C1. The van der Waals surface area contributed by atoms with E-state index in [0.29, 0.717) is 25.9 Å². The normalized spacial score (nSPS) is 25.5. The molecule has 1 heterocycles. The maximum atomic E-state index is 11.9. The maximum Gasteiger partial charge on any atom is 0.410 e. The van der Waals surface area contributed by atoms with Crippen LogP contribution in [0, 0.1) is 0 Å². The Kier molecular flexibility index (Phi) is 4.20. The van der Waals surface area contributed by atoms with Crippen LogP contribution in [0.15, 0.2) is 12.7 Å². The van der Waals surface area contributed by atoms with E-state index in [4.69, 9.17) is 4.74 Å². The molecule has 4 heteroatoms. The molecule has 0 saturated carbocycles. The first-order chi connectivity index (χ1) is 7.76. The summed E-state index contributed by atoms with van der Waals surface area (Å²) in [7, 11) is 0. The molecule has 1 fully saturated rings. The van der Waals surface area contributed by atoms with E-state index in [1.54, 1.807) is 11.0 Å². The minimum atomic E-state index is -0.836. The van der Waals surface area contributed by atoms with Crippen LogP contribution in [0.4, 0.5) is 4.79 Å². The first-order valence-corrected chi connectivity index (χ1v) is 6.07. The summed E-state index contributed by atoms with van der Waals surface area (Å²) in [6, 6.07) is 0. The average Bonchev–Trinajstić information content (AvgIpc) is 2.14. The van der Waals surface area contributed by atoms with Gasteiger partial charge in [0.05, 0.1) is 12.1 Å². The van der Waals surface area contributed by atoms with Crippen molar-refractivity contribution in [3.05, 3.63) is 12.7 Å². The number of nitrogens with zero attached hydrogens (tertiary/aromatic N) is 1. The number of amides is 1. The minimum Gasteiger partial charge on any atom is -0.444 e. The lowest BCUT2D eigenvalue weighted by Crippen LogP contribution is -2.51. The molecule has 1 atom stereocenters. The Morgan fingerprint density at radius 2 is 2.24 bits per heavy atom. The number of ether oxygens (including phenoxy) is 1. The monoisotopic (exact) mass is 241 g/mol. The molecule has 17 heavy (non-hydrogen) atoms. The lowest BCUT2D eigenvalue weighted by molar-refractivity contribution is -0.0410. The molecule has 1 aliphatic rings. The van der Waals surface area contributed by atoms with Crippen molar-refractivity contribution in [2.45, 2.75) is 51.2 Å². The highest BCUT2D eigenvalue weighted by Gasteiger charge is 2.35. The van der Waals surface area contributed by atoms with Gasteiger partial charge in [-0.15, -0.1) is 6.58 Å². The standard InChI is InChI=1S/C13H23NO3/c1-5-7-13(16)8-6-9-14(10-13)11(15)17-12(2,3)4/h5,16H,1,6-10H2,2-4H3. The second-order valence-electron chi connectivity index (χ2n) is 5.72. The Morgan fingerprint density at radius 1 is 1.59 bits per heavy atom. The van der Waals surface area contributed by atoms with Gasteiger partial charge < -0.3 is 14.7 Å². The van der Waals surface area contributed by atoms with Crippen LogP contribution < -0.4 is 0 Å². The zero-order valence-corrected chi connectivity index (χ0v) is 11.0. The topological polar surface area (TPSA) is 49.8 Å². The number of carbonyl (C=O) groups excluding carboxylic acids is 1. The molecule has 0 aromatic carbocycles. The maximum absolute atomic E-state index is 11.9. The first kappa shape index (κ1) is 14.0. The molecule has 1 aliphatic heterocycles. The number of carbonyl (C=O) groups is 1. The van der Waals surface area contributed by atoms with E-state index >= 15 is 0 Å². The molecule has 1 amide bonds. The molecule has 0 aromatic rings. The number of hydrogen-bond acceptors (Lipinski definition) is 3. The zero-order valence-electron chi connectivity index (χ0n) is 11.0. The molecule has 0 radical (unpaired) electrons. The van der Waals surface area contributed by atoms with Gasteiger partial charge in [-0.2, -0.15) is 0 Å². The Balaban J connectivity index is 2.60. The fourth-order valence-corrected chi connectivity index (χ4v) is 2.03. The number of likely N-dealkylation sites (tertiary alicyclic amines) is 1. The lowest BCUT2D eigenvalue weighted by atomic mass is 9.90. The molecule has 4 nitrogen and oxygen atoms in total. The van der Waals surface area contributed by atoms with Crippen molar-refractivity contribution in [2.75, 3.05) is 13.1 Å². The van der Waals surface area contributed by atoms with Crippen LogP contribution in [0.1, 0.15) is 40.0 Å². The Bertz CT molecular complexity index is 296. The predicted octanol–water partition coefficient (Wildman–Crippen LogP) is 2.32. The van der Waals surface area contributed by atoms with Crippen molar-refractivity contribution in [1.29, 1.82) is 0 Å². The van der Waals surface area contributed by atoms with Gasteiger partial charge in [0.2, 0.25) is 0 Å². The molecule has 0 spiro atoms. The quantitative estimate of drug-likeness (QED) is 0.755. The van der Waals surface area contributed by atoms with Crippen molar-refractivity contribution in [1.82, 2.24) is 4.90 Å². The molecule has 98 valence electrons. The van der Waals surface area contributed by atoms with Crippen molar-refractivity contribution >= 4 is 6.09 Å². The fraction of sp³-hybridized carbons (Fsp3) is 0.769. The summed E-state index contributed by atoms with van der Waals surface area (Å²) in [5.41, 5.74) is -1.33. The predicted molar refractivity (Wildman–Crippen MR) is 66.8 cm³/mol. The number of hydrogen-bond donors (Lipinski definition) is 1. The van der Waals surface area contributed by atoms with Gasteiger partial charge in [0.15, 0.2) is 0 Å². The lowest BCUT2D eigenvalue weighted by Gasteiger charge is -2.39. The van der Waals surface area contributed by atoms with Crippen LogP contribution in [0.25, 0.3) is 0 Å². The van der Waals surface area contributed by atoms with E-state index in [2.05, 4.69) is 6.58 Å². The fourth-order valence-electron chi connectivity index (χ4n) is 2.03. The molecule has 0 aromatic heterocycles. The van der Waals surface area contributed by atoms with E-state index in [1.807, 2.05) is 20.8 Å². The average molecular weight is 241 g/mol. The van der Waals surface area contributed by atoms with Crippen molar-refractivity contribution in [2.24, 2.45) is 0 Å². The van der Waals surface area contributed by atoms with E-state index < -0.39 is 11.2 Å². The number of β-amino-alcohol motifs (C(OH)–C–C–N with tert-alkyl or cyclic N) is 1. The largest absolute Gasteiger partial charge is 0.444 e. The van der Waals surface area contributed by atoms with Gasteiger partial charge in [0.1, 0.15) is 5.60 Å². The summed E-state index contributed by atoms with van der Waals surface area (Å²) in [6.07, 6.45) is 3.35. The highest BCUT2D eigenvalue weighted by molar-refractivity contribution is 5.68. The third-order valence-electron chi connectivity index (χ3n) is 2.73. The third kappa shape index (κ3) is 4.38. The molecule has 1 rings (SSSR count). The van der Waals surface area contributed by atoms with Crippen molar-refractivity contribution in [3.8, 4) is 0 Å². The Labute approximate surface area is 103 Å². The summed E-state index contributed by atoms with van der Waals surface area (Å²) >= 11 is 0. The van der Waals surface area contributed by atoms with E-state index in [9.17, 15) is 9.90 Å². The van der Waals surface area contributed by atoms with Crippen LogP contribution in [0.5, 0.6) is 0 Å². The van der Waals surface area contributed by atoms with Gasteiger partial charge in [-0.3, -0.25) is 0 Å². The third-order valence-corrected chi connectivity index (χ3v) is 2.73. The van der Waals surface area contributed by atoms with E-state index in [1.165, 1.54) is 0 Å². The van der Waals surface area contributed by atoms with Gasteiger partial charge >= 0.3 is 6.09 Å². The highest BCUT2D eigenvalue weighted by Crippen LogP contribution is 2.25. The van der Waals surface area contributed by atoms with E-state index in [0.717, 1.165) is 6.42 Å². The van der Waals surface area contributed by atoms with Gasteiger partial charge in [0.25, 0.3) is 0 Å². The van der Waals surface area contributed by atoms with Gasteiger partial charge in [0, 0.05) is 6.54 Å². The smallest absolute Gasteiger partial charge is 0.410 e. The molecule has 1 saturated heterocycles. The Morgan fingerprint density at radius 3 is 2.76 bits per heavy atom. The Hall–Kier alpha value is -1.03. The molecular weight excluding hydrogens is 218 g/mol. The summed E-state index contributed by atoms with van der Waals surface area (Å²) in [5, 5.41) is 10.3. The second kappa shape index (κ2) is 5.08. The number of piperidine rings is 1. The van der Waals surface area contributed by atoms with E-state index in [-0.39, 0.29) is 6.09 Å². The van der Waals surface area contributed by atoms with Crippen LogP contribution in [0.2, 0.25) is 0 Å². The summed E-state index contributed by atoms with van der Waals surface area (Å²) in [6.45, 7) is 10.1. The molecule has 1 unspecified atom stereocenters. The zero-order chi connectivity index (χ0) is 13.1. The van der Waals surface area contributed by atoms with Crippen molar-refractivity contribution in [3.63, 3.8) is 0 Å². The number of aliphatic hydroxyl groups is 1. The molecule has 0 aliphatic carbocycles. The summed E-state index contributed by atoms with van der Waals surface area (Å²) < 4.78 is 5.30. The summed E-state index contributed by atoms with van der Waals surface area (Å²) in [4.78, 5) is 13.5. The second-order valence-corrected chi connectivity index (χ2v) is 5.72. The minimum absolute atomic E-state index is 0.327. The van der Waals surface area contributed by atoms with Crippen molar-refractivity contribution < 1.29 is 14.6 Å². The van der Waals surface area contributed by atoms with Crippen LogP contribution in [-0.4, -0.2) is 40.4 Å².